The molecule has 2 N–H and O–H groups in total. The maximum Gasteiger partial charge on any atom is 0.240 e. The van der Waals surface area contributed by atoms with Gasteiger partial charge in [0.2, 0.25) is 21.8 Å². The summed E-state index contributed by atoms with van der Waals surface area (Å²) in [4.78, 5) is 25.1. The highest BCUT2D eigenvalue weighted by atomic mass is 32.2. The molecular weight excluding hydrogens is 342 g/mol. The Hall–Kier alpha value is -1.93. The molecule has 3 rings (SSSR count). The second-order valence-electron chi connectivity index (χ2n) is 6.59. The van der Waals surface area contributed by atoms with Crippen LogP contribution in [-0.4, -0.2) is 44.3 Å². The van der Waals surface area contributed by atoms with Crippen LogP contribution in [0.1, 0.15) is 38.2 Å². The van der Waals surface area contributed by atoms with Crippen molar-refractivity contribution in [2.75, 3.05) is 18.4 Å². The Bertz CT molecular complexity index is 785. The van der Waals surface area contributed by atoms with Crippen molar-refractivity contribution in [2.45, 2.75) is 50.0 Å². The lowest BCUT2D eigenvalue weighted by Gasteiger charge is -2.27. The summed E-state index contributed by atoms with van der Waals surface area (Å²) in [5.41, 5.74) is 1.34. The van der Waals surface area contributed by atoms with Crippen LogP contribution in [0.5, 0.6) is 0 Å². The van der Waals surface area contributed by atoms with Crippen LogP contribution in [0.3, 0.4) is 0 Å². The molecule has 0 atom stereocenters. The van der Waals surface area contributed by atoms with Gasteiger partial charge in [-0.15, -0.1) is 0 Å². The molecule has 1 aliphatic heterocycles. The number of carbonyl (C=O) groups is 2. The normalized spacial score (nSPS) is 17.4. The van der Waals surface area contributed by atoms with Gasteiger partial charge in [0.15, 0.2) is 0 Å². The molecule has 2 amide bonds. The minimum atomic E-state index is -3.67. The minimum absolute atomic E-state index is 0.0202. The fourth-order valence-corrected chi connectivity index (χ4v) is 4.64. The Morgan fingerprint density at radius 2 is 2.04 bits per heavy atom. The zero-order valence-corrected chi connectivity index (χ0v) is 15.1. The van der Waals surface area contributed by atoms with Crippen LogP contribution in [0.4, 0.5) is 5.69 Å². The van der Waals surface area contributed by atoms with Gasteiger partial charge >= 0.3 is 0 Å². The van der Waals surface area contributed by atoms with Gasteiger partial charge in [-0.05, 0) is 36.6 Å². The number of benzene rings is 1. The molecule has 2 aliphatic rings. The van der Waals surface area contributed by atoms with Gasteiger partial charge in [-0.3, -0.25) is 9.59 Å². The first-order valence-corrected chi connectivity index (χ1v) is 10.0. The molecule has 0 unspecified atom stereocenters. The Morgan fingerprint density at radius 3 is 2.72 bits per heavy atom. The monoisotopic (exact) mass is 365 g/mol. The number of hydrogen-bond donors (Lipinski definition) is 2. The van der Waals surface area contributed by atoms with Crippen molar-refractivity contribution >= 4 is 27.5 Å². The van der Waals surface area contributed by atoms with Crippen molar-refractivity contribution in [1.29, 1.82) is 0 Å². The van der Waals surface area contributed by atoms with Gasteiger partial charge in [-0.1, -0.05) is 12.8 Å². The molecule has 0 radical (unpaired) electrons. The number of rotatable bonds is 6. The lowest BCUT2D eigenvalue weighted by Crippen LogP contribution is -2.42. The molecule has 0 spiro atoms. The summed E-state index contributed by atoms with van der Waals surface area (Å²) in [6, 6.07) is 4.83. The topological polar surface area (TPSA) is 95.6 Å². The van der Waals surface area contributed by atoms with Crippen molar-refractivity contribution in [3.05, 3.63) is 23.8 Å². The Balaban J connectivity index is 1.63. The zero-order valence-electron chi connectivity index (χ0n) is 14.2. The molecule has 0 bridgehead atoms. The number of fused-ring (bicyclic) bond motifs is 1. The number of sulfonamides is 1. The number of anilines is 1. The van der Waals surface area contributed by atoms with E-state index in [0.717, 1.165) is 25.7 Å². The van der Waals surface area contributed by atoms with Crippen LogP contribution < -0.4 is 10.0 Å². The standard InChI is InChI=1S/C17H23N3O4S/c1-12(21)20(14-4-2-3-5-14)9-8-18-25(23,24)15-6-7-16-13(10-15)11-17(22)19-16/h6-7,10,14,18H,2-5,8-9,11H2,1H3,(H,19,22). The van der Waals surface area contributed by atoms with Crippen molar-refractivity contribution in [2.24, 2.45) is 0 Å². The zero-order chi connectivity index (χ0) is 18.0. The van der Waals surface area contributed by atoms with E-state index in [-0.39, 0.29) is 35.7 Å². The molecule has 1 aromatic rings. The first kappa shape index (κ1) is 17.9. The summed E-state index contributed by atoms with van der Waals surface area (Å²) in [6.45, 7) is 2.06. The van der Waals surface area contributed by atoms with Crippen LogP contribution in [0.25, 0.3) is 0 Å². The van der Waals surface area contributed by atoms with E-state index in [1.165, 1.54) is 19.1 Å². The van der Waals surface area contributed by atoms with Crippen molar-refractivity contribution < 1.29 is 18.0 Å². The first-order valence-electron chi connectivity index (χ1n) is 8.56. The van der Waals surface area contributed by atoms with Crippen LogP contribution in [-0.2, 0) is 26.0 Å². The number of hydrogen-bond acceptors (Lipinski definition) is 4. The minimum Gasteiger partial charge on any atom is -0.339 e. The average molecular weight is 365 g/mol. The first-order chi connectivity index (χ1) is 11.9. The smallest absolute Gasteiger partial charge is 0.240 e. The van der Waals surface area contributed by atoms with E-state index < -0.39 is 10.0 Å². The van der Waals surface area contributed by atoms with Crippen molar-refractivity contribution in [1.82, 2.24) is 9.62 Å². The van der Waals surface area contributed by atoms with Gasteiger partial charge in [0.25, 0.3) is 0 Å². The summed E-state index contributed by atoms with van der Waals surface area (Å²) in [5.74, 6) is -0.153. The Labute approximate surface area is 147 Å². The fourth-order valence-electron chi connectivity index (χ4n) is 3.57. The largest absolute Gasteiger partial charge is 0.339 e. The van der Waals surface area contributed by atoms with Crippen molar-refractivity contribution in [3.8, 4) is 0 Å². The Morgan fingerprint density at radius 1 is 1.32 bits per heavy atom. The molecule has 136 valence electrons. The average Bonchev–Trinajstić information content (AvgIpc) is 3.18. The molecule has 7 nitrogen and oxygen atoms in total. The number of amides is 2. The van der Waals surface area contributed by atoms with Crippen LogP contribution >= 0.6 is 0 Å². The van der Waals surface area contributed by atoms with Crippen molar-refractivity contribution in [3.63, 3.8) is 0 Å². The van der Waals surface area contributed by atoms with Crippen LogP contribution in [0.15, 0.2) is 23.1 Å². The molecule has 1 fully saturated rings. The van der Waals surface area contributed by atoms with E-state index in [1.54, 1.807) is 11.0 Å². The number of nitrogens with zero attached hydrogens (tertiary/aromatic N) is 1. The van der Waals surface area contributed by atoms with Gasteiger partial charge in [0, 0.05) is 31.7 Å². The second-order valence-corrected chi connectivity index (χ2v) is 8.36. The summed E-state index contributed by atoms with van der Waals surface area (Å²) in [7, 11) is -3.67. The molecule has 8 heteroatoms. The van der Waals surface area contributed by atoms with Gasteiger partial charge in [0.1, 0.15) is 0 Å². The van der Waals surface area contributed by atoms with Gasteiger partial charge < -0.3 is 10.2 Å². The maximum absolute atomic E-state index is 12.5. The van der Waals surface area contributed by atoms with Crippen LogP contribution in [0, 0.1) is 0 Å². The molecule has 1 saturated carbocycles. The molecule has 1 aromatic carbocycles. The summed E-state index contributed by atoms with van der Waals surface area (Å²) < 4.78 is 27.5. The maximum atomic E-state index is 12.5. The summed E-state index contributed by atoms with van der Waals surface area (Å²) in [6.07, 6.45) is 4.39. The molecule has 1 heterocycles. The van der Waals surface area contributed by atoms with Gasteiger partial charge in [0.05, 0.1) is 11.3 Å². The summed E-state index contributed by atoms with van der Waals surface area (Å²) in [5, 5.41) is 2.68. The highest BCUT2D eigenvalue weighted by molar-refractivity contribution is 7.89. The predicted octanol–water partition coefficient (Wildman–Crippen LogP) is 1.25. The van der Waals surface area contributed by atoms with Gasteiger partial charge in [-0.25, -0.2) is 13.1 Å². The predicted molar refractivity (Wildman–Crippen MR) is 93.6 cm³/mol. The lowest BCUT2D eigenvalue weighted by atomic mass is 10.2. The third kappa shape index (κ3) is 4.01. The van der Waals surface area contributed by atoms with E-state index in [4.69, 9.17) is 0 Å². The molecule has 0 aromatic heterocycles. The highest BCUT2D eigenvalue weighted by Crippen LogP contribution is 2.26. The lowest BCUT2D eigenvalue weighted by molar-refractivity contribution is -0.131. The third-order valence-electron chi connectivity index (χ3n) is 4.83. The third-order valence-corrected chi connectivity index (χ3v) is 6.29. The number of carbonyl (C=O) groups excluding carboxylic acids is 2. The van der Waals surface area contributed by atoms with Gasteiger partial charge in [-0.2, -0.15) is 0 Å². The molecule has 0 saturated heterocycles. The Kier molecular flexibility index (Phi) is 5.10. The quantitative estimate of drug-likeness (QED) is 0.793. The van der Waals surface area contributed by atoms with E-state index in [2.05, 4.69) is 10.0 Å². The van der Waals surface area contributed by atoms with E-state index >= 15 is 0 Å². The second kappa shape index (κ2) is 7.13. The summed E-state index contributed by atoms with van der Waals surface area (Å²) >= 11 is 0. The van der Waals surface area contributed by atoms with Crippen LogP contribution in [0.2, 0.25) is 0 Å². The van der Waals surface area contributed by atoms with E-state index in [9.17, 15) is 18.0 Å². The number of nitrogens with one attached hydrogen (secondary N) is 2. The SMILES string of the molecule is CC(=O)N(CCNS(=O)(=O)c1ccc2c(c1)CC(=O)N2)C1CCCC1. The highest BCUT2D eigenvalue weighted by Gasteiger charge is 2.25. The van der Waals surface area contributed by atoms with E-state index in [0.29, 0.717) is 17.8 Å². The fraction of sp³-hybridized carbons (Fsp3) is 0.529. The molecule has 25 heavy (non-hydrogen) atoms. The molecule has 1 aliphatic carbocycles. The van der Waals surface area contributed by atoms with E-state index in [1.807, 2.05) is 0 Å². The molecular formula is C17H23N3O4S.